The minimum absolute atomic E-state index is 0.0524. The molecule has 0 saturated carbocycles. The molecule has 2 aliphatic rings. The van der Waals surface area contributed by atoms with Crippen LogP contribution in [0.1, 0.15) is 37.7 Å². The molecule has 0 amide bonds. The van der Waals surface area contributed by atoms with Crippen molar-refractivity contribution in [3.63, 3.8) is 0 Å². The highest BCUT2D eigenvalue weighted by Crippen LogP contribution is 2.35. The van der Waals surface area contributed by atoms with E-state index in [2.05, 4.69) is 29.2 Å². The fourth-order valence-electron chi connectivity index (χ4n) is 4.02. The zero-order chi connectivity index (χ0) is 16.1. The van der Waals surface area contributed by atoms with E-state index in [1.54, 1.807) is 0 Å². The van der Waals surface area contributed by atoms with Gasteiger partial charge in [0.1, 0.15) is 0 Å². The fourth-order valence-corrected chi connectivity index (χ4v) is 4.15. The molecular weight excluding hydrogens is 306 g/mol. The molecule has 3 heteroatoms. The van der Waals surface area contributed by atoms with Gasteiger partial charge in [0.2, 0.25) is 0 Å². The molecule has 23 heavy (non-hydrogen) atoms. The molecule has 0 radical (unpaired) electrons. The van der Waals surface area contributed by atoms with Gasteiger partial charge >= 0.3 is 0 Å². The summed E-state index contributed by atoms with van der Waals surface area (Å²) in [6.07, 6.45) is 11.6. The molecule has 2 nitrogen and oxygen atoms in total. The SMILES string of the molecule is OCC1(Cc2ccc(Cl)cc2)CCN(CC2CC=CCC2)CC1. The Bertz CT molecular complexity index is 517. The Hall–Kier alpha value is -0.830. The molecule has 1 fully saturated rings. The van der Waals surface area contributed by atoms with Crippen LogP contribution in [-0.2, 0) is 6.42 Å². The lowest BCUT2D eigenvalue weighted by Gasteiger charge is -2.42. The molecule has 1 aromatic rings. The third-order valence-electron chi connectivity index (χ3n) is 5.64. The summed E-state index contributed by atoms with van der Waals surface area (Å²) in [5, 5.41) is 10.8. The molecule has 126 valence electrons. The fraction of sp³-hybridized carbons (Fsp3) is 0.600. The second-order valence-corrected chi connectivity index (χ2v) is 7.85. The lowest BCUT2D eigenvalue weighted by Crippen LogP contribution is -2.44. The van der Waals surface area contributed by atoms with Gasteiger partial charge in [-0.1, -0.05) is 35.9 Å². The van der Waals surface area contributed by atoms with Crippen molar-refractivity contribution < 1.29 is 5.11 Å². The first-order chi connectivity index (χ1) is 11.2. The number of allylic oxidation sites excluding steroid dienone is 2. The van der Waals surface area contributed by atoms with Gasteiger partial charge in [-0.3, -0.25) is 0 Å². The molecule has 1 unspecified atom stereocenters. The second kappa shape index (κ2) is 7.83. The predicted molar refractivity (Wildman–Crippen MR) is 96.8 cm³/mol. The third-order valence-corrected chi connectivity index (χ3v) is 5.89. The Kier molecular flexibility index (Phi) is 5.79. The number of rotatable bonds is 5. The molecule has 1 aliphatic heterocycles. The van der Waals surface area contributed by atoms with Crippen LogP contribution in [0.3, 0.4) is 0 Å². The number of nitrogens with zero attached hydrogens (tertiary/aromatic N) is 1. The zero-order valence-electron chi connectivity index (χ0n) is 13.9. The number of piperidine rings is 1. The highest BCUT2D eigenvalue weighted by atomic mass is 35.5. The first-order valence-corrected chi connectivity index (χ1v) is 9.30. The van der Waals surface area contributed by atoms with E-state index in [1.807, 2.05) is 12.1 Å². The number of benzene rings is 1. The van der Waals surface area contributed by atoms with Gasteiger partial charge in [0.05, 0.1) is 0 Å². The van der Waals surface area contributed by atoms with Gasteiger partial charge < -0.3 is 10.0 Å². The average Bonchev–Trinajstić information content (AvgIpc) is 2.60. The Morgan fingerprint density at radius 3 is 2.48 bits per heavy atom. The molecule has 1 atom stereocenters. The largest absolute Gasteiger partial charge is 0.396 e. The molecule has 3 rings (SSSR count). The van der Waals surface area contributed by atoms with Gasteiger partial charge in [0.15, 0.2) is 0 Å². The van der Waals surface area contributed by atoms with Gasteiger partial charge in [0, 0.05) is 18.2 Å². The van der Waals surface area contributed by atoms with E-state index in [9.17, 15) is 5.11 Å². The van der Waals surface area contributed by atoms with Crippen molar-refractivity contribution in [1.82, 2.24) is 4.90 Å². The monoisotopic (exact) mass is 333 g/mol. The second-order valence-electron chi connectivity index (χ2n) is 7.41. The Morgan fingerprint density at radius 1 is 1.13 bits per heavy atom. The van der Waals surface area contributed by atoms with Crippen LogP contribution < -0.4 is 0 Å². The maximum absolute atomic E-state index is 10.0. The minimum atomic E-state index is 0.0524. The van der Waals surface area contributed by atoms with Crippen LogP contribution in [-0.4, -0.2) is 36.2 Å². The number of hydrogen-bond acceptors (Lipinski definition) is 2. The van der Waals surface area contributed by atoms with E-state index in [-0.39, 0.29) is 12.0 Å². The van der Waals surface area contributed by atoms with Crippen molar-refractivity contribution >= 4 is 11.6 Å². The third kappa shape index (κ3) is 4.59. The maximum atomic E-state index is 10.0. The summed E-state index contributed by atoms with van der Waals surface area (Å²) in [5.74, 6) is 0.831. The van der Waals surface area contributed by atoms with Crippen LogP contribution >= 0.6 is 11.6 Å². The molecule has 1 N–H and O–H groups in total. The quantitative estimate of drug-likeness (QED) is 0.811. The lowest BCUT2D eigenvalue weighted by atomic mass is 9.74. The van der Waals surface area contributed by atoms with Crippen LogP contribution in [0.2, 0.25) is 5.02 Å². The van der Waals surface area contributed by atoms with Crippen LogP contribution in [0.25, 0.3) is 0 Å². The first kappa shape index (κ1) is 17.0. The van der Waals surface area contributed by atoms with Crippen molar-refractivity contribution in [3.05, 3.63) is 47.0 Å². The van der Waals surface area contributed by atoms with Crippen LogP contribution in [0.4, 0.5) is 0 Å². The normalized spacial score (nSPS) is 24.7. The van der Waals surface area contributed by atoms with Crippen molar-refractivity contribution in [3.8, 4) is 0 Å². The van der Waals surface area contributed by atoms with Crippen molar-refractivity contribution in [2.24, 2.45) is 11.3 Å². The number of aliphatic hydroxyl groups is 1. The summed E-state index contributed by atoms with van der Waals surface area (Å²) in [5.41, 5.74) is 1.34. The Balaban J connectivity index is 1.54. The van der Waals surface area contributed by atoms with Crippen LogP contribution in [0.15, 0.2) is 36.4 Å². The van der Waals surface area contributed by atoms with E-state index in [0.29, 0.717) is 0 Å². The van der Waals surface area contributed by atoms with Crippen LogP contribution in [0.5, 0.6) is 0 Å². The first-order valence-electron chi connectivity index (χ1n) is 8.92. The van der Waals surface area contributed by atoms with Crippen molar-refractivity contribution in [2.75, 3.05) is 26.2 Å². The van der Waals surface area contributed by atoms with E-state index in [4.69, 9.17) is 11.6 Å². The van der Waals surface area contributed by atoms with Gasteiger partial charge in [-0.25, -0.2) is 0 Å². The highest BCUT2D eigenvalue weighted by molar-refractivity contribution is 6.30. The number of hydrogen-bond donors (Lipinski definition) is 1. The van der Waals surface area contributed by atoms with Crippen molar-refractivity contribution in [1.29, 1.82) is 0 Å². The number of aliphatic hydroxyl groups excluding tert-OH is 1. The van der Waals surface area contributed by atoms with Gasteiger partial charge in [-0.05, 0) is 80.6 Å². The summed E-state index contributed by atoms with van der Waals surface area (Å²) >= 11 is 5.97. The standard InChI is InChI=1S/C20H28ClNO/c21-19-8-6-17(7-9-19)14-20(16-23)10-12-22(13-11-20)15-18-4-2-1-3-5-18/h1-2,6-9,18,23H,3-5,10-16H2. The van der Waals surface area contributed by atoms with Gasteiger partial charge in [0.25, 0.3) is 0 Å². The molecule has 1 aromatic carbocycles. The summed E-state index contributed by atoms with van der Waals surface area (Å²) < 4.78 is 0. The summed E-state index contributed by atoms with van der Waals surface area (Å²) in [6.45, 7) is 3.76. The van der Waals surface area contributed by atoms with Gasteiger partial charge in [-0.2, -0.15) is 0 Å². The smallest absolute Gasteiger partial charge is 0.0491 e. The topological polar surface area (TPSA) is 23.5 Å². The molecule has 0 bridgehead atoms. The Morgan fingerprint density at radius 2 is 1.87 bits per heavy atom. The minimum Gasteiger partial charge on any atom is -0.396 e. The maximum Gasteiger partial charge on any atom is 0.0491 e. The average molecular weight is 334 g/mol. The number of likely N-dealkylation sites (tertiary alicyclic amines) is 1. The highest BCUT2D eigenvalue weighted by Gasteiger charge is 2.34. The van der Waals surface area contributed by atoms with E-state index < -0.39 is 0 Å². The van der Waals surface area contributed by atoms with E-state index >= 15 is 0 Å². The summed E-state index contributed by atoms with van der Waals surface area (Å²) in [6, 6.07) is 8.10. The summed E-state index contributed by atoms with van der Waals surface area (Å²) in [4.78, 5) is 2.61. The van der Waals surface area contributed by atoms with Gasteiger partial charge in [-0.15, -0.1) is 0 Å². The molecular formula is C20H28ClNO. The number of halogens is 1. The van der Waals surface area contributed by atoms with Crippen molar-refractivity contribution in [2.45, 2.75) is 38.5 Å². The molecule has 1 heterocycles. The molecule has 0 spiro atoms. The zero-order valence-corrected chi connectivity index (χ0v) is 14.6. The predicted octanol–water partition coefficient (Wildman–Crippen LogP) is 4.31. The lowest BCUT2D eigenvalue weighted by molar-refractivity contribution is 0.0379. The van der Waals surface area contributed by atoms with Crippen LogP contribution in [0, 0.1) is 11.3 Å². The molecule has 1 aliphatic carbocycles. The molecule has 0 aromatic heterocycles. The van der Waals surface area contributed by atoms with E-state index in [0.717, 1.165) is 43.3 Å². The Labute approximate surface area is 145 Å². The van der Waals surface area contributed by atoms with E-state index in [1.165, 1.54) is 31.4 Å². The molecule has 1 saturated heterocycles. The summed E-state index contributed by atoms with van der Waals surface area (Å²) in [7, 11) is 0.